The van der Waals surface area contributed by atoms with Crippen LogP contribution in [0.5, 0.6) is 0 Å². The summed E-state index contributed by atoms with van der Waals surface area (Å²) in [5.41, 5.74) is 0.597. The van der Waals surface area contributed by atoms with E-state index >= 15 is 0 Å². The van der Waals surface area contributed by atoms with Gasteiger partial charge < -0.3 is 10.1 Å². The molecule has 0 spiro atoms. The van der Waals surface area contributed by atoms with Crippen LogP contribution in [0.1, 0.15) is 13.3 Å². The first-order chi connectivity index (χ1) is 7.52. The lowest BCUT2D eigenvalue weighted by atomic mass is 10.2. The third-order valence-corrected chi connectivity index (χ3v) is 2.35. The van der Waals surface area contributed by atoms with E-state index in [0.29, 0.717) is 5.69 Å². The Labute approximate surface area is 98.5 Å². The van der Waals surface area contributed by atoms with Gasteiger partial charge in [0.15, 0.2) is 0 Å². The summed E-state index contributed by atoms with van der Waals surface area (Å²) >= 11 is 5.83. The molecule has 0 aliphatic carbocycles. The molecule has 0 aliphatic heterocycles. The third kappa shape index (κ3) is 3.70. The molecule has 88 valence electrons. The summed E-state index contributed by atoms with van der Waals surface area (Å²) in [4.78, 5) is 11.0. The Morgan fingerprint density at radius 3 is 2.88 bits per heavy atom. The first kappa shape index (κ1) is 12.8. The molecule has 0 saturated heterocycles. The van der Waals surface area contributed by atoms with Crippen LogP contribution in [0.2, 0.25) is 5.02 Å². The van der Waals surface area contributed by atoms with Gasteiger partial charge in [0.1, 0.15) is 5.82 Å². The molecule has 0 aromatic heterocycles. The molecule has 0 amide bonds. The van der Waals surface area contributed by atoms with E-state index < -0.39 is 5.82 Å². The summed E-state index contributed by atoms with van der Waals surface area (Å²) in [7, 11) is 1.33. The molecule has 0 radical (unpaired) electrons. The standard InChI is InChI=1S/C11H13ClFNO2/c1-7(5-11(15)16-2)14-10-4-3-8(13)6-9(10)12/h3-4,6-7,14H,5H2,1-2H3. The average Bonchev–Trinajstić information content (AvgIpc) is 2.22. The zero-order chi connectivity index (χ0) is 12.1. The molecule has 1 aromatic rings. The zero-order valence-corrected chi connectivity index (χ0v) is 9.84. The van der Waals surface area contributed by atoms with Crippen molar-refractivity contribution in [3.05, 3.63) is 29.0 Å². The summed E-state index contributed by atoms with van der Waals surface area (Å²) in [6.07, 6.45) is 0.226. The van der Waals surface area contributed by atoms with Gasteiger partial charge in [-0.15, -0.1) is 0 Å². The van der Waals surface area contributed by atoms with Crippen LogP contribution in [0, 0.1) is 5.82 Å². The van der Waals surface area contributed by atoms with Crippen LogP contribution >= 0.6 is 11.6 Å². The van der Waals surface area contributed by atoms with Crippen molar-refractivity contribution in [1.29, 1.82) is 0 Å². The van der Waals surface area contributed by atoms with E-state index in [-0.39, 0.29) is 23.5 Å². The number of hydrogen-bond donors (Lipinski definition) is 1. The molecule has 5 heteroatoms. The minimum absolute atomic E-state index is 0.129. The predicted molar refractivity (Wildman–Crippen MR) is 61.1 cm³/mol. The number of carbonyl (C=O) groups excluding carboxylic acids is 1. The zero-order valence-electron chi connectivity index (χ0n) is 9.09. The molecule has 1 rings (SSSR count). The summed E-state index contributed by atoms with van der Waals surface area (Å²) in [5.74, 6) is -0.700. The van der Waals surface area contributed by atoms with E-state index in [9.17, 15) is 9.18 Å². The summed E-state index contributed by atoms with van der Waals surface area (Å²) < 4.78 is 17.3. The summed E-state index contributed by atoms with van der Waals surface area (Å²) in [6.45, 7) is 1.82. The van der Waals surface area contributed by atoms with Crippen molar-refractivity contribution in [3.63, 3.8) is 0 Å². The van der Waals surface area contributed by atoms with Crippen LogP contribution in [0.15, 0.2) is 18.2 Å². The van der Waals surface area contributed by atoms with Gasteiger partial charge in [0.25, 0.3) is 0 Å². The Bertz CT molecular complexity index is 384. The average molecular weight is 246 g/mol. The van der Waals surface area contributed by atoms with Gasteiger partial charge in [-0.1, -0.05) is 11.6 Å². The van der Waals surface area contributed by atoms with Crippen molar-refractivity contribution >= 4 is 23.3 Å². The Balaban J connectivity index is 2.62. The van der Waals surface area contributed by atoms with Gasteiger partial charge in [-0.05, 0) is 25.1 Å². The molecule has 16 heavy (non-hydrogen) atoms. The number of benzene rings is 1. The van der Waals surface area contributed by atoms with E-state index in [1.807, 2.05) is 6.92 Å². The normalized spacial score (nSPS) is 12.0. The molecule has 3 nitrogen and oxygen atoms in total. The van der Waals surface area contributed by atoms with Gasteiger partial charge in [-0.2, -0.15) is 0 Å². The second kappa shape index (κ2) is 5.70. The molecule has 1 N–H and O–H groups in total. The fourth-order valence-electron chi connectivity index (χ4n) is 1.26. The quantitative estimate of drug-likeness (QED) is 0.829. The van der Waals surface area contributed by atoms with Gasteiger partial charge in [-0.25, -0.2) is 4.39 Å². The molecule has 1 unspecified atom stereocenters. The van der Waals surface area contributed by atoms with Crippen LogP contribution in [0.3, 0.4) is 0 Å². The number of nitrogens with one attached hydrogen (secondary N) is 1. The van der Waals surface area contributed by atoms with Crippen LogP contribution in [-0.2, 0) is 9.53 Å². The number of carbonyl (C=O) groups is 1. The number of halogens is 2. The largest absolute Gasteiger partial charge is 0.469 e. The lowest BCUT2D eigenvalue weighted by molar-refractivity contribution is -0.140. The third-order valence-electron chi connectivity index (χ3n) is 2.03. The predicted octanol–water partition coefficient (Wildman–Crippen LogP) is 2.84. The SMILES string of the molecule is COC(=O)CC(C)Nc1ccc(F)cc1Cl. The molecular formula is C11H13ClFNO2. The Kier molecular flexibility index (Phi) is 4.55. The van der Waals surface area contributed by atoms with Crippen molar-refractivity contribution in [1.82, 2.24) is 0 Å². The van der Waals surface area contributed by atoms with Crippen LogP contribution in [-0.4, -0.2) is 19.1 Å². The molecule has 1 aromatic carbocycles. The van der Waals surface area contributed by atoms with Crippen molar-refractivity contribution in [2.45, 2.75) is 19.4 Å². The van der Waals surface area contributed by atoms with E-state index in [1.165, 1.54) is 25.3 Å². The van der Waals surface area contributed by atoms with Crippen molar-refractivity contribution in [2.24, 2.45) is 0 Å². The number of esters is 1. The molecule has 0 aliphatic rings. The van der Waals surface area contributed by atoms with Gasteiger partial charge in [0, 0.05) is 6.04 Å². The Hall–Kier alpha value is -1.29. The summed E-state index contributed by atoms with van der Waals surface area (Å²) in [5, 5.41) is 3.29. The van der Waals surface area contributed by atoms with E-state index in [4.69, 9.17) is 11.6 Å². The highest BCUT2D eigenvalue weighted by atomic mass is 35.5. The molecule has 0 saturated carbocycles. The first-order valence-electron chi connectivity index (χ1n) is 4.81. The molecule has 1 atom stereocenters. The van der Waals surface area contributed by atoms with Crippen LogP contribution < -0.4 is 5.32 Å². The van der Waals surface area contributed by atoms with Crippen molar-refractivity contribution in [3.8, 4) is 0 Å². The van der Waals surface area contributed by atoms with Gasteiger partial charge in [0.05, 0.1) is 24.2 Å². The van der Waals surface area contributed by atoms with E-state index in [1.54, 1.807) is 0 Å². The molecule has 0 bridgehead atoms. The van der Waals surface area contributed by atoms with E-state index in [2.05, 4.69) is 10.1 Å². The van der Waals surface area contributed by atoms with Gasteiger partial charge >= 0.3 is 5.97 Å². The second-order valence-corrected chi connectivity index (χ2v) is 3.86. The van der Waals surface area contributed by atoms with Gasteiger partial charge in [0.2, 0.25) is 0 Å². The lowest BCUT2D eigenvalue weighted by Crippen LogP contribution is -2.20. The van der Waals surface area contributed by atoms with Gasteiger partial charge in [-0.3, -0.25) is 4.79 Å². The first-order valence-corrected chi connectivity index (χ1v) is 5.19. The maximum atomic E-state index is 12.8. The fourth-order valence-corrected chi connectivity index (χ4v) is 1.48. The monoisotopic (exact) mass is 245 g/mol. The smallest absolute Gasteiger partial charge is 0.307 e. The maximum Gasteiger partial charge on any atom is 0.307 e. The maximum absolute atomic E-state index is 12.8. The van der Waals surface area contributed by atoms with Crippen molar-refractivity contribution in [2.75, 3.05) is 12.4 Å². The number of anilines is 1. The number of rotatable bonds is 4. The lowest BCUT2D eigenvalue weighted by Gasteiger charge is -2.15. The van der Waals surface area contributed by atoms with Crippen LogP contribution in [0.25, 0.3) is 0 Å². The highest BCUT2D eigenvalue weighted by Crippen LogP contribution is 2.23. The molecular weight excluding hydrogens is 233 g/mol. The Morgan fingerprint density at radius 2 is 2.31 bits per heavy atom. The Morgan fingerprint density at radius 1 is 1.62 bits per heavy atom. The highest BCUT2D eigenvalue weighted by molar-refractivity contribution is 6.33. The molecule has 0 heterocycles. The number of methoxy groups -OCH3 is 1. The summed E-state index contributed by atoms with van der Waals surface area (Å²) in [6, 6.07) is 3.93. The topological polar surface area (TPSA) is 38.3 Å². The number of hydrogen-bond acceptors (Lipinski definition) is 3. The fraction of sp³-hybridized carbons (Fsp3) is 0.364. The minimum Gasteiger partial charge on any atom is -0.469 e. The number of ether oxygens (including phenoxy) is 1. The molecule has 0 fully saturated rings. The highest BCUT2D eigenvalue weighted by Gasteiger charge is 2.10. The van der Waals surface area contributed by atoms with Crippen molar-refractivity contribution < 1.29 is 13.9 Å². The second-order valence-electron chi connectivity index (χ2n) is 3.45. The van der Waals surface area contributed by atoms with Crippen LogP contribution in [0.4, 0.5) is 10.1 Å². The van der Waals surface area contributed by atoms with E-state index in [0.717, 1.165) is 0 Å². The minimum atomic E-state index is -0.392.